The summed E-state index contributed by atoms with van der Waals surface area (Å²) in [5.74, 6) is 1.75. The molecule has 5 heteroatoms. The second-order valence-corrected chi connectivity index (χ2v) is 5.51. The second-order valence-electron chi connectivity index (χ2n) is 5.51. The zero-order valence-electron chi connectivity index (χ0n) is 11.0. The molecule has 1 aromatic rings. The van der Waals surface area contributed by atoms with Crippen LogP contribution in [-0.2, 0) is 6.42 Å². The minimum absolute atomic E-state index is 0.659. The minimum Gasteiger partial charge on any atom is -0.343 e. The average molecular weight is 250 g/mol. The van der Waals surface area contributed by atoms with Gasteiger partial charge in [-0.1, -0.05) is 12.1 Å². The molecule has 1 aliphatic carbocycles. The topological polar surface area (TPSA) is 54.2 Å². The summed E-state index contributed by atoms with van der Waals surface area (Å²) >= 11 is 0. The third-order valence-corrected chi connectivity index (χ3v) is 4.26. The van der Waals surface area contributed by atoms with E-state index < -0.39 is 0 Å². The van der Waals surface area contributed by atoms with Crippen molar-refractivity contribution in [3.05, 3.63) is 12.2 Å². The molecule has 0 amide bonds. The maximum atomic E-state index is 4.78. The van der Waals surface area contributed by atoms with Crippen LogP contribution < -0.4 is 5.32 Å². The van der Waals surface area contributed by atoms with E-state index in [1.54, 1.807) is 0 Å². The third kappa shape index (κ3) is 2.72. The summed E-state index contributed by atoms with van der Waals surface area (Å²) in [6, 6.07) is 1.37. The molecule has 0 radical (unpaired) electrons. The summed E-state index contributed by atoms with van der Waals surface area (Å²) < 4.78 is 4.78. The van der Waals surface area contributed by atoms with Crippen molar-refractivity contribution in [2.24, 2.45) is 5.92 Å². The molecule has 2 heterocycles. The van der Waals surface area contributed by atoms with Crippen molar-refractivity contribution in [3.8, 4) is 0 Å². The first-order chi connectivity index (χ1) is 8.86. The maximum absolute atomic E-state index is 4.78. The SMILES string of the molecule is CCC1CNC(C2CC2)CN1CCc1ncon1. The monoisotopic (exact) mass is 250 g/mol. The van der Waals surface area contributed by atoms with E-state index in [0.717, 1.165) is 31.3 Å². The van der Waals surface area contributed by atoms with Crippen molar-refractivity contribution >= 4 is 0 Å². The van der Waals surface area contributed by atoms with Gasteiger partial charge in [-0.05, 0) is 25.2 Å². The molecule has 0 spiro atoms. The van der Waals surface area contributed by atoms with Gasteiger partial charge in [0, 0.05) is 38.1 Å². The molecule has 1 saturated carbocycles. The molecule has 18 heavy (non-hydrogen) atoms. The number of piperazine rings is 1. The number of hydrogen-bond acceptors (Lipinski definition) is 5. The van der Waals surface area contributed by atoms with Crippen molar-refractivity contribution in [2.45, 2.75) is 44.7 Å². The van der Waals surface area contributed by atoms with Crippen molar-refractivity contribution in [1.82, 2.24) is 20.4 Å². The van der Waals surface area contributed by atoms with Crippen LogP contribution in [0, 0.1) is 5.92 Å². The molecule has 1 aromatic heterocycles. The normalized spacial score (nSPS) is 29.6. The Kier molecular flexibility index (Phi) is 3.61. The Morgan fingerprint density at radius 1 is 1.50 bits per heavy atom. The highest BCUT2D eigenvalue weighted by Crippen LogP contribution is 2.34. The number of hydrogen-bond donors (Lipinski definition) is 1. The van der Waals surface area contributed by atoms with Gasteiger partial charge in [0.1, 0.15) is 0 Å². The molecule has 2 fully saturated rings. The van der Waals surface area contributed by atoms with Crippen molar-refractivity contribution in [1.29, 1.82) is 0 Å². The van der Waals surface area contributed by atoms with Gasteiger partial charge in [-0.2, -0.15) is 4.98 Å². The van der Waals surface area contributed by atoms with Crippen LogP contribution in [0.15, 0.2) is 10.9 Å². The van der Waals surface area contributed by atoms with Gasteiger partial charge in [0.05, 0.1) is 0 Å². The Hall–Kier alpha value is -0.940. The van der Waals surface area contributed by atoms with E-state index in [1.165, 1.54) is 32.2 Å². The van der Waals surface area contributed by atoms with Crippen LogP contribution in [0.1, 0.15) is 32.0 Å². The van der Waals surface area contributed by atoms with E-state index in [4.69, 9.17) is 4.52 Å². The molecule has 0 aromatic carbocycles. The van der Waals surface area contributed by atoms with Gasteiger partial charge in [0.2, 0.25) is 6.39 Å². The van der Waals surface area contributed by atoms with Gasteiger partial charge in [-0.25, -0.2) is 0 Å². The zero-order valence-corrected chi connectivity index (χ0v) is 11.0. The summed E-state index contributed by atoms with van der Waals surface area (Å²) in [6.45, 7) is 5.62. The first kappa shape index (κ1) is 12.1. The summed E-state index contributed by atoms with van der Waals surface area (Å²) in [5.41, 5.74) is 0. The van der Waals surface area contributed by atoms with Crippen LogP contribution in [0.4, 0.5) is 0 Å². The van der Waals surface area contributed by atoms with E-state index >= 15 is 0 Å². The Bertz CT molecular complexity index is 363. The number of nitrogens with zero attached hydrogens (tertiary/aromatic N) is 3. The number of nitrogens with one attached hydrogen (secondary N) is 1. The first-order valence-electron chi connectivity index (χ1n) is 7.09. The lowest BCUT2D eigenvalue weighted by molar-refractivity contribution is 0.119. The Morgan fingerprint density at radius 2 is 2.39 bits per heavy atom. The Labute approximate surface area is 108 Å². The van der Waals surface area contributed by atoms with E-state index in [2.05, 4.69) is 27.3 Å². The van der Waals surface area contributed by atoms with Gasteiger partial charge < -0.3 is 9.84 Å². The lowest BCUT2D eigenvalue weighted by Crippen LogP contribution is -2.57. The maximum Gasteiger partial charge on any atom is 0.213 e. The fourth-order valence-electron chi connectivity index (χ4n) is 2.92. The predicted molar refractivity (Wildman–Crippen MR) is 68.2 cm³/mol. The van der Waals surface area contributed by atoms with Crippen LogP contribution in [-0.4, -0.2) is 46.8 Å². The van der Waals surface area contributed by atoms with Gasteiger partial charge in [0.15, 0.2) is 5.82 Å². The van der Waals surface area contributed by atoms with Crippen LogP contribution in [0.25, 0.3) is 0 Å². The fraction of sp³-hybridized carbons (Fsp3) is 0.846. The van der Waals surface area contributed by atoms with E-state index in [0.29, 0.717) is 12.1 Å². The number of aromatic nitrogens is 2. The standard InChI is InChI=1S/C13H22N4O/c1-2-11-7-14-12(10-3-4-10)8-17(11)6-5-13-15-9-18-16-13/h9-12,14H,2-8H2,1H3. The van der Waals surface area contributed by atoms with Crippen LogP contribution in [0.5, 0.6) is 0 Å². The van der Waals surface area contributed by atoms with Gasteiger partial charge in [-0.3, -0.25) is 4.90 Å². The molecule has 1 N–H and O–H groups in total. The lowest BCUT2D eigenvalue weighted by atomic mass is 10.0. The van der Waals surface area contributed by atoms with E-state index in [-0.39, 0.29) is 0 Å². The molecule has 5 nitrogen and oxygen atoms in total. The van der Waals surface area contributed by atoms with Crippen molar-refractivity contribution in [3.63, 3.8) is 0 Å². The summed E-state index contributed by atoms with van der Waals surface area (Å²) in [7, 11) is 0. The van der Waals surface area contributed by atoms with E-state index in [9.17, 15) is 0 Å². The molecule has 2 unspecified atom stereocenters. The summed E-state index contributed by atoms with van der Waals surface area (Å²) in [4.78, 5) is 6.70. The van der Waals surface area contributed by atoms with Crippen LogP contribution >= 0.6 is 0 Å². The van der Waals surface area contributed by atoms with Crippen molar-refractivity contribution in [2.75, 3.05) is 19.6 Å². The highest BCUT2D eigenvalue weighted by Gasteiger charge is 2.36. The molecular formula is C13H22N4O. The van der Waals surface area contributed by atoms with Gasteiger partial charge in [0.25, 0.3) is 0 Å². The molecule has 0 bridgehead atoms. The smallest absolute Gasteiger partial charge is 0.213 e. The highest BCUT2D eigenvalue weighted by molar-refractivity contribution is 4.95. The highest BCUT2D eigenvalue weighted by atomic mass is 16.5. The minimum atomic E-state index is 0.659. The van der Waals surface area contributed by atoms with Crippen LogP contribution in [0.2, 0.25) is 0 Å². The molecular weight excluding hydrogens is 228 g/mol. The quantitative estimate of drug-likeness (QED) is 0.847. The predicted octanol–water partition coefficient (Wildman–Crippen LogP) is 1.07. The third-order valence-electron chi connectivity index (χ3n) is 4.26. The Morgan fingerprint density at radius 3 is 3.06 bits per heavy atom. The molecule has 3 rings (SSSR count). The largest absolute Gasteiger partial charge is 0.343 e. The number of rotatable bonds is 5. The van der Waals surface area contributed by atoms with Gasteiger partial charge >= 0.3 is 0 Å². The molecule has 100 valence electrons. The van der Waals surface area contributed by atoms with E-state index in [1.807, 2.05) is 0 Å². The average Bonchev–Trinajstić information content (AvgIpc) is 3.13. The van der Waals surface area contributed by atoms with Crippen LogP contribution in [0.3, 0.4) is 0 Å². The molecule has 1 aliphatic heterocycles. The first-order valence-corrected chi connectivity index (χ1v) is 7.09. The zero-order chi connectivity index (χ0) is 12.4. The second kappa shape index (κ2) is 5.36. The van der Waals surface area contributed by atoms with Gasteiger partial charge in [-0.15, -0.1) is 0 Å². The summed E-state index contributed by atoms with van der Waals surface area (Å²) in [6.07, 6.45) is 6.33. The lowest BCUT2D eigenvalue weighted by Gasteiger charge is -2.40. The van der Waals surface area contributed by atoms with Crippen molar-refractivity contribution < 1.29 is 4.52 Å². The molecule has 2 atom stereocenters. The summed E-state index contributed by atoms with van der Waals surface area (Å²) in [5, 5.41) is 7.60. The Balaban J connectivity index is 1.55. The molecule has 1 saturated heterocycles. The fourth-order valence-corrected chi connectivity index (χ4v) is 2.92. The molecule has 2 aliphatic rings.